The lowest BCUT2D eigenvalue weighted by Gasteiger charge is -2.23. The minimum absolute atomic E-state index is 0.0164. The van der Waals surface area contributed by atoms with Crippen LogP contribution in [0.25, 0.3) is 10.2 Å². The van der Waals surface area contributed by atoms with Crippen LogP contribution in [0, 0.1) is 13.8 Å². The lowest BCUT2D eigenvalue weighted by molar-refractivity contribution is -0.119. The van der Waals surface area contributed by atoms with Crippen molar-refractivity contribution in [3.8, 4) is 0 Å². The predicted octanol–water partition coefficient (Wildman–Crippen LogP) is 4.11. The van der Waals surface area contributed by atoms with E-state index in [1.165, 1.54) is 23.3 Å². The summed E-state index contributed by atoms with van der Waals surface area (Å²) in [5.41, 5.74) is 1.22. The van der Waals surface area contributed by atoms with Crippen molar-refractivity contribution in [2.24, 2.45) is 0 Å². The topological polar surface area (TPSA) is 61.4 Å². The fraction of sp³-hybridized carbons (Fsp3) is 0.500. The van der Waals surface area contributed by atoms with E-state index in [9.17, 15) is 4.79 Å². The van der Waals surface area contributed by atoms with Crippen molar-refractivity contribution in [2.75, 3.05) is 31.1 Å². The molecule has 0 spiro atoms. The standard InChI is InChI=1S/C22H29N5OS2/c1-4-27(14-19(28)23-12-17-8-7-11-29-17)21-20-15(2)16(3)30-22(20)25-18(24-21)13-26-9-5-6-10-26/h7-8,11H,4-6,9-10,12-14H2,1-3H3,(H,23,28). The first-order valence-corrected chi connectivity index (χ1v) is 12.3. The number of nitrogens with one attached hydrogen (secondary N) is 1. The molecule has 160 valence electrons. The van der Waals surface area contributed by atoms with E-state index in [1.54, 1.807) is 22.7 Å². The van der Waals surface area contributed by atoms with Crippen molar-refractivity contribution < 1.29 is 4.79 Å². The zero-order chi connectivity index (χ0) is 21.1. The highest BCUT2D eigenvalue weighted by Gasteiger charge is 2.22. The quantitative estimate of drug-likeness (QED) is 0.568. The van der Waals surface area contributed by atoms with Crippen LogP contribution in [0.15, 0.2) is 17.5 Å². The molecule has 8 heteroatoms. The Morgan fingerprint density at radius 1 is 1.27 bits per heavy atom. The zero-order valence-electron chi connectivity index (χ0n) is 17.9. The lowest BCUT2D eigenvalue weighted by atomic mass is 10.2. The monoisotopic (exact) mass is 443 g/mol. The molecule has 0 atom stereocenters. The number of carbonyl (C=O) groups is 1. The summed E-state index contributed by atoms with van der Waals surface area (Å²) in [4.78, 5) is 30.5. The van der Waals surface area contributed by atoms with Crippen LogP contribution in [0.3, 0.4) is 0 Å². The summed E-state index contributed by atoms with van der Waals surface area (Å²) in [6.45, 7) is 10.9. The van der Waals surface area contributed by atoms with Gasteiger partial charge in [-0.05, 0) is 63.7 Å². The molecule has 1 saturated heterocycles. The number of carbonyl (C=O) groups excluding carboxylic acids is 1. The van der Waals surface area contributed by atoms with Gasteiger partial charge in [-0.2, -0.15) is 0 Å². The van der Waals surface area contributed by atoms with E-state index in [4.69, 9.17) is 9.97 Å². The van der Waals surface area contributed by atoms with Crippen molar-refractivity contribution in [3.63, 3.8) is 0 Å². The summed E-state index contributed by atoms with van der Waals surface area (Å²) in [6.07, 6.45) is 2.50. The molecule has 1 aliphatic rings. The van der Waals surface area contributed by atoms with Crippen LogP contribution in [0.4, 0.5) is 5.82 Å². The smallest absolute Gasteiger partial charge is 0.239 e. The molecule has 1 aliphatic heterocycles. The summed E-state index contributed by atoms with van der Waals surface area (Å²) >= 11 is 3.38. The molecule has 4 heterocycles. The van der Waals surface area contributed by atoms with Crippen molar-refractivity contribution in [3.05, 3.63) is 38.7 Å². The van der Waals surface area contributed by atoms with Gasteiger partial charge in [-0.25, -0.2) is 9.97 Å². The van der Waals surface area contributed by atoms with Gasteiger partial charge in [-0.15, -0.1) is 22.7 Å². The van der Waals surface area contributed by atoms with Crippen LogP contribution in [0.5, 0.6) is 0 Å². The number of amides is 1. The Hall–Kier alpha value is -2.03. The van der Waals surface area contributed by atoms with Gasteiger partial charge in [0.1, 0.15) is 16.5 Å². The van der Waals surface area contributed by atoms with E-state index in [0.29, 0.717) is 13.1 Å². The Morgan fingerprint density at radius 2 is 2.07 bits per heavy atom. The number of thiophene rings is 2. The maximum Gasteiger partial charge on any atom is 0.239 e. The van der Waals surface area contributed by atoms with E-state index in [-0.39, 0.29) is 5.91 Å². The highest BCUT2D eigenvalue weighted by molar-refractivity contribution is 7.18. The van der Waals surface area contributed by atoms with E-state index < -0.39 is 0 Å². The molecule has 0 aromatic carbocycles. The van der Waals surface area contributed by atoms with Crippen molar-refractivity contribution in [1.29, 1.82) is 0 Å². The lowest BCUT2D eigenvalue weighted by Crippen LogP contribution is -2.37. The molecule has 0 saturated carbocycles. The number of nitrogens with zero attached hydrogens (tertiary/aromatic N) is 4. The minimum Gasteiger partial charge on any atom is -0.350 e. The van der Waals surface area contributed by atoms with Gasteiger partial charge in [0.05, 0.1) is 25.0 Å². The largest absolute Gasteiger partial charge is 0.350 e. The second-order valence-corrected chi connectivity index (χ2v) is 10.0. The number of aryl methyl sites for hydroxylation is 2. The Morgan fingerprint density at radius 3 is 2.77 bits per heavy atom. The van der Waals surface area contributed by atoms with E-state index in [0.717, 1.165) is 52.9 Å². The molecule has 0 aliphatic carbocycles. The maximum absolute atomic E-state index is 12.7. The van der Waals surface area contributed by atoms with E-state index in [2.05, 4.69) is 35.9 Å². The zero-order valence-corrected chi connectivity index (χ0v) is 19.5. The molecular formula is C22H29N5OS2. The summed E-state index contributed by atoms with van der Waals surface area (Å²) in [5.74, 6) is 1.77. The average molecular weight is 444 g/mol. The second-order valence-electron chi connectivity index (χ2n) is 7.78. The van der Waals surface area contributed by atoms with Crippen LogP contribution in [0.2, 0.25) is 0 Å². The Balaban J connectivity index is 1.59. The van der Waals surface area contributed by atoms with Gasteiger partial charge in [-0.3, -0.25) is 9.69 Å². The Kier molecular flexibility index (Phi) is 6.65. The number of aromatic nitrogens is 2. The molecule has 1 N–H and O–H groups in total. The average Bonchev–Trinajstić information content (AvgIpc) is 3.48. The molecule has 4 rings (SSSR count). The fourth-order valence-corrected chi connectivity index (χ4v) is 5.56. The van der Waals surface area contributed by atoms with E-state index in [1.807, 2.05) is 17.5 Å². The van der Waals surface area contributed by atoms with Crippen LogP contribution >= 0.6 is 22.7 Å². The van der Waals surface area contributed by atoms with Crippen molar-refractivity contribution >= 4 is 44.6 Å². The summed E-state index contributed by atoms with van der Waals surface area (Å²) in [7, 11) is 0. The number of hydrogen-bond donors (Lipinski definition) is 1. The summed E-state index contributed by atoms with van der Waals surface area (Å²) in [6, 6.07) is 4.05. The molecule has 6 nitrogen and oxygen atoms in total. The first-order valence-electron chi connectivity index (χ1n) is 10.6. The van der Waals surface area contributed by atoms with Crippen LogP contribution in [-0.2, 0) is 17.9 Å². The van der Waals surface area contributed by atoms with Gasteiger partial charge in [0.25, 0.3) is 0 Å². The minimum atomic E-state index is 0.0164. The number of rotatable bonds is 8. The van der Waals surface area contributed by atoms with Gasteiger partial charge < -0.3 is 10.2 Å². The van der Waals surface area contributed by atoms with Gasteiger partial charge in [0.2, 0.25) is 5.91 Å². The highest BCUT2D eigenvalue weighted by atomic mass is 32.1. The number of hydrogen-bond acceptors (Lipinski definition) is 7. The number of anilines is 1. The molecular weight excluding hydrogens is 414 g/mol. The molecule has 1 amide bonds. The summed E-state index contributed by atoms with van der Waals surface area (Å²) < 4.78 is 0. The third-order valence-electron chi connectivity index (χ3n) is 5.68. The highest BCUT2D eigenvalue weighted by Crippen LogP contribution is 2.35. The maximum atomic E-state index is 12.7. The van der Waals surface area contributed by atoms with Gasteiger partial charge in [-0.1, -0.05) is 6.07 Å². The van der Waals surface area contributed by atoms with Crippen LogP contribution < -0.4 is 10.2 Å². The van der Waals surface area contributed by atoms with E-state index >= 15 is 0 Å². The summed E-state index contributed by atoms with van der Waals surface area (Å²) in [5, 5.41) is 6.16. The molecule has 30 heavy (non-hydrogen) atoms. The Labute approximate surface area is 185 Å². The van der Waals surface area contributed by atoms with Crippen molar-refractivity contribution in [1.82, 2.24) is 20.2 Å². The molecule has 0 bridgehead atoms. The van der Waals surface area contributed by atoms with Crippen LogP contribution in [0.1, 0.15) is 40.9 Å². The third-order valence-corrected chi connectivity index (χ3v) is 7.65. The molecule has 3 aromatic heterocycles. The number of fused-ring (bicyclic) bond motifs is 1. The SMILES string of the molecule is CCN(CC(=O)NCc1cccs1)c1nc(CN2CCCC2)nc2sc(C)c(C)c12. The normalized spacial score (nSPS) is 14.5. The van der Waals surface area contributed by atoms with Crippen molar-refractivity contribution in [2.45, 2.75) is 46.7 Å². The van der Waals surface area contributed by atoms with Gasteiger partial charge in [0, 0.05) is 16.3 Å². The van der Waals surface area contributed by atoms with Crippen LogP contribution in [-0.4, -0.2) is 47.0 Å². The second kappa shape index (κ2) is 9.41. The van der Waals surface area contributed by atoms with Gasteiger partial charge in [0.15, 0.2) is 0 Å². The molecule has 3 aromatic rings. The van der Waals surface area contributed by atoms with Gasteiger partial charge >= 0.3 is 0 Å². The molecule has 0 radical (unpaired) electrons. The Bertz CT molecular complexity index is 1010. The third kappa shape index (κ3) is 4.66. The molecule has 1 fully saturated rings. The predicted molar refractivity (Wildman–Crippen MR) is 125 cm³/mol. The number of likely N-dealkylation sites (N-methyl/N-ethyl adjacent to an activating group) is 1. The number of likely N-dealkylation sites (tertiary alicyclic amines) is 1. The first-order chi connectivity index (χ1) is 14.5. The fourth-order valence-electron chi connectivity index (χ4n) is 3.88. The molecule has 0 unspecified atom stereocenters. The first kappa shape index (κ1) is 21.2.